The summed E-state index contributed by atoms with van der Waals surface area (Å²) >= 11 is 30.6. The van der Waals surface area contributed by atoms with Crippen molar-refractivity contribution in [3.63, 3.8) is 0 Å². The first kappa shape index (κ1) is 29.7. The molecule has 0 bridgehead atoms. The van der Waals surface area contributed by atoms with Gasteiger partial charge in [-0.1, -0.05) is 58.0 Å². The molecule has 2 unspecified atom stereocenters. The molecule has 3 aromatic carbocycles. The van der Waals surface area contributed by atoms with E-state index in [4.69, 9.17) is 58.0 Å². The smallest absolute Gasteiger partial charge is 0.384 e. The highest BCUT2D eigenvalue weighted by Gasteiger charge is 2.76. The summed E-state index contributed by atoms with van der Waals surface area (Å²) in [7, 11) is 0. The van der Waals surface area contributed by atoms with Crippen molar-refractivity contribution in [2.75, 3.05) is 17.2 Å². The number of amides is 1. The first-order valence-electron chi connectivity index (χ1n) is 10.8. The molecular formula is C25H14Cl5F5N2O2. The third kappa shape index (κ3) is 5.52. The van der Waals surface area contributed by atoms with E-state index < -0.39 is 55.0 Å². The van der Waals surface area contributed by atoms with Crippen molar-refractivity contribution in [1.82, 2.24) is 0 Å². The molecule has 206 valence electrons. The fraction of sp³-hybridized carbons (Fsp3) is 0.200. The van der Waals surface area contributed by atoms with E-state index in [2.05, 4.69) is 10.6 Å². The van der Waals surface area contributed by atoms with Gasteiger partial charge in [-0.05, 0) is 48.0 Å². The Morgan fingerprint density at radius 2 is 1.67 bits per heavy atom. The molecule has 0 aromatic heterocycles. The average molecular weight is 647 g/mol. The number of hydrogen-bond donors (Lipinski definition) is 2. The Labute approximate surface area is 243 Å². The van der Waals surface area contributed by atoms with Crippen LogP contribution < -0.4 is 10.6 Å². The molecule has 0 heterocycles. The van der Waals surface area contributed by atoms with E-state index in [1.165, 1.54) is 18.2 Å². The number of carbonyl (C=O) groups excluding carboxylic acids is 2. The molecule has 4 rings (SSSR count). The topological polar surface area (TPSA) is 58.2 Å². The molecule has 0 saturated heterocycles. The Kier molecular flexibility index (Phi) is 8.06. The van der Waals surface area contributed by atoms with Gasteiger partial charge in [0.25, 0.3) is 5.91 Å². The summed E-state index contributed by atoms with van der Waals surface area (Å²) in [5.41, 5.74) is -2.97. The fourth-order valence-electron chi connectivity index (χ4n) is 4.21. The molecule has 14 heteroatoms. The van der Waals surface area contributed by atoms with Crippen molar-refractivity contribution >= 4 is 81.6 Å². The summed E-state index contributed by atoms with van der Waals surface area (Å²) in [4.78, 5) is 24.9. The Bertz CT molecular complexity index is 1480. The molecule has 0 radical (unpaired) electrons. The van der Waals surface area contributed by atoms with Crippen LogP contribution in [0.2, 0.25) is 15.1 Å². The lowest BCUT2D eigenvalue weighted by molar-refractivity contribution is -0.137. The van der Waals surface area contributed by atoms with Crippen molar-refractivity contribution in [3.8, 4) is 0 Å². The number of carbonyl (C=O) groups is 2. The van der Waals surface area contributed by atoms with Crippen LogP contribution in [0, 0.1) is 17.0 Å². The van der Waals surface area contributed by atoms with Gasteiger partial charge in [0.2, 0.25) is 0 Å². The number of rotatable bonds is 7. The minimum atomic E-state index is -4.83. The maximum absolute atomic E-state index is 14.0. The zero-order chi connectivity index (χ0) is 28.9. The van der Waals surface area contributed by atoms with Crippen LogP contribution in [0.15, 0.2) is 48.5 Å². The fourth-order valence-corrected chi connectivity index (χ4v) is 5.83. The second-order valence-electron chi connectivity index (χ2n) is 8.70. The van der Waals surface area contributed by atoms with E-state index in [9.17, 15) is 31.5 Å². The van der Waals surface area contributed by atoms with Gasteiger partial charge in [0.15, 0.2) is 0 Å². The van der Waals surface area contributed by atoms with Crippen LogP contribution in [0.4, 0.5) is 33.3 Å². The molecule has 2 atom stereocenters. The second kappa shape index (κ2) is 10.6. The van der Waals surface area contributed by atoms with Crippen LogP contribution in [0.3, 0.4) is 0 Å². The molecule has 1 saturated carbocycles. The SMILES string of the molecule is O=CC1(CNc2ccc(Cl)c(C(=O)Nc3ccc(F)cc3F)c2)C(c2cc(Cl)c(Cl)c(C(F)(F)F)c2)C1(Cl)Cl. The maximum atomic E-state index is 14.0. The number of nitrogens with one attached hydrogen (secondary N) is 2. The van der Waals surface area contributed by atoms with Crippen LogP contribution in [0.1, 0.15) is 27.4 Å². The van der Waals surface area contributed by atoms with Gasteiger partial charge in [-0.3, -0.25) is 4.79 Å². The van der Waals surface area contributed by atoms with Crippen molar-refractivity contribution in [3.05, 3.63) is 91.9 Å². The van der Waals surface area contributed by atoms with Crippen LogP contribution in [-0.4, -0.2) is 23.1 Å². The average Bonchev–Trinajstić information content (AvgIpc) is 3.35. The Balaban J connectivity index is 1.58. The van der Waals surface area contributed by atoms with Gasteiger partial charge in [0, 0.05) is 24.2 Å². The zero-order valence-corrected chi connectivity index (χ0v) is 22.9. The highest BCUT2D eigenvalue weighted by Crippen LogP contribution is 2.73. The zero-order valence-electron chi connectivity index (χ0n) is 19.1. The molecule has 39 heavy (non-hydrogen) atoms. The number of alkyl halides is 5. The van der Waals surface area contributed by atoms with E-state index >= 15 is 0 Å². The summed E-state index contributed by atoms with van der Waals surface area (Å²) in [5, 5.41) is 4.07. The third-order valence-electron chi connectivity index (χ3n) is 6.29. The first-order valence-corrected chi connectivity index (χ1v) is 12.7. The number of halogens is 10. The van der Waals surface area contributed by atoms with Crippen molar-refractivity contribution in [2.45, 2.75) is 16.4 Å². The van der Waals surface area contributed by atoms with Gasteiger partial charge in [0.1, 0.15) is 22.3 Å². The number of anilines is 2. The standard InChI is InChI=1S/C25H14Cl5F5N2O2/c26-16-3-2-13(8-14(16)22(39)37-19-4-1-12(31)7-18(19)32)36-9-23(10-38)21(24(23,29)30)11-5-15(25(33,34)35)20(28)17(27)6-11/h1-8,10,21,36H,9H2,(H,37,39). The molecule has 1 amide bonds. The minimum absolute atomic E-state index is 0.00510. The first-order chi connectivity index (χ1) is 18.1. The van der Waals surface area contributed by atoms with Crippen LogP contribution in [0.5, 0.6) is 0 Å². The Morgan fingerprint density at radius 1 is 0.974 bits per heavy atom. The second-order valence-corrected chi connectivity index (χ2v) is 11.3. The maximum Gasteiger partial charge on any atom is 0.417 e. The van der Waals surface area contributed by atoms with Crippen LogP contribution in [0.25, 0.3) is 0 Å². The van der Waals surface area contributed by atoms with E-state index in [0.717, 1.165) is 24.3 Å². The highest BCUT2D eigenvalue weighted by molar-refractivity contribution is 6.54. The lowest BCUT2D eigenvalue weighted by atomic mass is 9.98. The molecule has 2 N–H and O–H groups in total. The summed E-state index contributed by atoms with van der Waals surface area (Å²) in [5.74, 6) is -3.74. The predicted octanol–water partition coefficient (Wildman–Crippen LogP) is 8.76. The summed E-state index contributed by atoms with van der Waals surface area (Å²) < 4.78 is 65.7. The third-order valence-corrected chi connectivity index (χ3v) is 8.56. The molecule has 1 fully saturated rings. The van der Waals surface area contributed by atoms with E-state index in [-0.39, 0.29) is 34.1 Å². The lowest BCUT2D eigenvalue weighted by Crippen LogP contribution is -2.23. The van der Waals surface area contributed by atoms with Crippen molar-refractivity contribution in [1.29, 1.82) is 0 Å². The largest absolute Gasteiger partial charge is 0.417 e. The quantitative estimate of drug-likeness (QED) is 0.153. The summed E-state index contributed by atoms with van der Waals surface area (Å²) in [6.45, 7) is -0.259. The summed E-state index contributed by atoms with van der Waals surface area (Å²) in [6.07, 6.45) is -4.40. The summed E-state index contributed by atoms with van der Waals surface area (Å²) in [6, 6.07) is 8.58. The van der Waals surface area contributed by atoms with Crippen LogP contribution >= 0.6 is 58.0 Å². The number of hydrogen-bond acceptors (Lipinski definition) is 3. The van der Waals surface area contributed by atoms with Gasteiger partial charge < -0.3 is 15.4 Å². The monoisotopic (exact) mass is 644 g/mol. The highest BCUT2D eigenvalue weighted by atomic mass is 35.5. The van der Waals surface area contributed by atoms with Gasteiger partial charge in [0.05, 0.1) is 37.3 Å². The van der Waals surface area contributed by atoms with Crippen molar-refractivity contribution in [2.24, 2.45) is 5.41 Å². The Morgan fingerprint density at radius 3 is 2.28 bits per heavy atom. The molecule has 3 aromatic rings. The number of benzene rings is 3. The van der Waals surface area contributed by atoms with Gasteiger partial charge in [-0.2, -0.15) is 13.2 Å². The van der Waals surface area contributed by atoms with Gasteiger partial charge >= 0.3 is 6.18 Å². The predicted molar refractivity (Wildman–Crippen MR) is 141 cm³/mol. The van der Waals surface area contributed by atoms with Gasteiger partial charge in [-0.25, -0.2) is 8.78 Å². The molecule has 1 aliphatic carbocycles. The lowest BCUT2D eigenvalue weighted by Gasteiger charge is -2.16. The molecule has 0 spiro atoms. The minimum Gasteiger partial charge on any atom is -0.384 e. The molecule has 1 aliphatic rings. The Hall–Kier alpha value is -2.30. The normalized spacial score (nSPS) is 19.9. The molecule has 0 aliphatic heterocycles. The number of aldehydes is 1. The molecule has 4 nitrogen and oxygen atoms in total. The van der Waals surface area contributed by atoms with Crippen molar-refractivity contribution < 1.29 is 31.5 Å². The van der Waals surface area contributed by atoms with E-state index in [1.807, 2.05) is 0 Å². The van der Waals surface area contributed by atoms with Crippen LogP contribution in [-0.2, 0) is 11.0 Å². The molecular weight excluding hydrogens is 633 g/mol. The van der Waals surface area contributed by atoms with E-state index in [0.29, 0.717) is 12.4 Å². The van der Waals surface area contributed by atoms with Gasteiger partial charge in [-0.15, -0.1) is 0 Å². The van der Waals surface area contributed by atoms with E-state index in [1.54, 1.807) is 0 Å².